The van der Waals surface area contributed by atoms with Crippen LogP contribution in [0.2, 0.25) is 0 Å². The molecule has 0 bridgehead atoms. The molecule has 0 fully saturated rings. The monoisotopic (exact) mass is 314 g/mol. The second-order valence-electron chi connectivity index (χ2n) is 4.27. The Hall–Kier alpha value is -1.56. The number of halogens is 1. The largest absolute Gasteiger partial charge is 0.480 e. The molecule has 1 atom stereocenters. The van der Waals surface area contributed by atoms with Gasteiger partial charge in [0, 0.05) is 15.7 Å². The number of carbonyl (C=O) groups is 2. The Morgan fingerprint density at radius 2 is 2.00 bits per heavy atom. The summed E-state index contributed by atoms with van der Waals surface area (Å²) in [5.74, 6) is -1.70. The van der Waals surface area contributed by atoms with E-state index >= 15 is 0 Å². The molecular weight excluding hydrogens is 300 g/mol. The molecule has 6 heteroatoms. The standard InChI is InChI=1S/C12H15BrN2O3/c1-6(2)10(12(17)18)15-11(16)7-3-4-8(13)9(14)5-7/h3-6,10H,14H2,1-2H3,(H,15,16)(H,17,18)/t10-/m1/s1. The molecule has 5 nitrogen and oxygen atoms in total. The van der Waals surface area contributed by atoms with Gasteiger partial charge in [0.25, 0.3) is 5.91 Å². The number of benzene rings is 1. The number of anilines is 1. The van der Waals surface area contributed by atoms with Gasteiger partial charge >= 0.3 is 5.97 Å². The Morgan fingerprint density at radius 1 is 1.39 bits per heavy atom. The normalized spacial score (nSPS) is 12.2. The molecule has 0 saturated carbocycles. The fourth-order valence-corrected chi connectivity index (χ4v) is 1.67. The number of nitrogen functional groups attached to an aromatic ring is 1. The Kier molecular flexibility index (Phi) is 4.72. The fourth-order valence-electron chi connectivity index (χ4n) is 1.42. The summed E-state index contributed by atoms with van der Waals surface area (Å²) in [7, 11) is 0. The summed E-state index contributed by atoms with van der Waals surface area (Å²) in [5.41, 5.74) is 6.43. The van der Waals surface area contributed by atoms with Gasteiger partial charge in [-0.15, -0.1) is 0 Å². The zero-order valence-corrected chi connectivity index (χ0v) is 11.7. The molecule has 4 N–H and O–H groups in total. The quantitative estimate of drug-likeness (QED) is 0.740. The zero-order valence-electron chi connectivity index (χ0n) is 10.1. The predicted molar refractivity (Wildman–Crippen MR) is 72.3 cm³/mol. The van der Waals surface area contributed by atoms with Crippen LogP contribution in [0.25, 0.3) is 0 Å². The minimum atomic E-state index is -1.05. The van der Waals surface area contributed by atoms with E-state index in [1.807, 2.05) is 0 Å². The maximum absolute atomic E-state index is 11.9. The Morgan fingerprint density at radius 3 is 2.44 bits per heavy atom. The van der Waals surface area contributed by atoms with Gasteiger partial charge in [0.05, 0.1) is 0 Å². The van der Waals surface area contributed by atoms with E-state index in [2.05, 4.69) is 21.2 Å². The highest BCUT2D eigenvalue weighted by Crippen LogP contribution is 2.20. The summed E-state index contributed by atoms with van der Waals surface area (Å²) in [6, 6.07) is 3.81. The van der Waals surface area contributed by atoms with E-state index in [9.17, 15) is 9.59 Å². The van der Waals surface area contributed by atoms with Gasteiger partial charge < -0.3 is 16.2 Å². The highest BCUT2D eigenvalue weighted by Gasteiger charge is 2.23. The summed E-state index contributed by atoms with van der Waals surface area (Å²) in [6.45, 7) is 3.46. The molecule has 0 aromatic heterocycles. The van der Waals surface area contributed by atoms with E-state index in [0.29, 0.717) is 15.7 Å². The lowest BCUT2D eigenvalue weighted by atomic mass is 10.0. The molecule has 98 valence electrons. The van der Waals surface area contributed by atoms with Gasteiger partial charge in [-0.05, 0) is 40.0 Å². The Labute approximate surface area is 113 Å². The van der Waals surface area contributed by atoms with E-state index < -0.39 is 17.9 Å². The van der Waals surface area contributed by atoms with Crippen LogP contribution in [0.15, 0.2) is 22.7 Å². The van der Waals surface area contributed by atoms with Crippen molar-refractivity contribution >= 4 is 33.5 Å². The van der Waals surface area contributed by atoms with Gasteiger partial charge in [-0.2, -0.15) is 0 Å². The van der Waals surface area contributed by atoms with E-state index in [-0.39, 0.29) is 5.92 Å². The van der Waals surface area contributed by atoms with Crippen molar-refractivity contribution in [3.63, 3.8) is 0 Å². The lowest BCUT2D eigenvalue weighted by molar-refractivity contribution is -0.140. The summed E-state index contributed by atoms with van der Waals surface area (Å²) in [4.78, 5) is 22.9. The van der Waals surface area contributed by atoms with Crippen molar-refractivity contribution < 1.29 is 14.7 Å². The van der Waals surface area contributed by atoms with Crippen LogP contribution in [-0.2, 0) is 4.79 Å². The topological polar surface area (TPSA) is 92.4 Å². The molecule has 0 heterocycles. The van der Waals surface area contributed by atoms with Crippen LogP contribution in [0.5, 0.6) is 0 Å². The molecule has 0 saturated heterocycles. The third-order valence-corrected chi connectivity index (χ3v) is 3.20. The van der Waals surface area contributed by atoms with Gasteiger partial charge in [0.2, 0.25) is 0 Å². The first kappa shape index (κ1) is 14.5. The van der Waals surface area contributed by atoms with Crippen LogP contribution in [-0.4, -0.2) is 23.0 Å². The van der Waals surface area contributed by atoms with Crippen LogP contribution in [0.3, 0.4) is 0 Å². The third-order valence-electron chi connectivity index (χ3n) is 2.48. The Balaban J connectivity index is 2.87. The number of amides is 1. The van der Waals surface area contributed by atoms with Crippen molar-refractivity contribution in [3.05, 3.63) is 28.2 Å². The highest BCUT2D eigenvalue weighted by molar-refractivity contribution is 9.10. The maximum atomic E-state index is 11.9. The number of nitrogens with two attached hydrogens (primary N) is 1. The van der Waals surface area contributed by atoms with Crippen molar-refractivity contribution in [2.45, 2.75) is 19.9 Å². The van der Waals surface area contributed by atoms with Crippen molar-refractivity contribution in [2.24, 2.45) is 5.92 Å². The zero-order chi connectivity index (χ0) is 13.9. The van der Waals surface area contributed by atoms with Gasteiger partial charge in [-0.3, -0.25) is 4.79 Å². The molecule has 0 aliphatic heterocycles. The summed E-state index contributed by atoms with van der Waals surface area (Å²) in [5, 5.41) is 11.5. The molecule has 1 aromatic carbocycles. The molecule has 0 spiro atoms. The molecular formula is C12H15BrN2O3. The molecule has 1 amide bonds. The molecule has 1 aromatic rings. The number of rotatable bonds is 4. The lowest BCUT2D eigenvalue weighted by Crippen LogP contribution is -2.44. The van der Waals surface area contributed by atoms with Crippen LogP contribution >= 0.6 is 15.9 Å². The van der Waals surface area contributed by atoms with E-state index in [0.717, 1.165) is 0 Å². The smallest absolute Gasteiger partial charge is 0.326 e. The van der Waals surface area contributed by atoms with Crippen LogP contribution in [0.4, 0.5) is 5.69 Å². The van der Waals surface area contributed by atoms with E-state index in [1.54, 1.807) is 26.0 Å². The summed E-state index contributed by atoms with van der Waals surface area (Å²) >= 11 is 3.22. The molecule has 0 aliphatic carbocycles. The number of hydrogen-bond donors (Lipinski definition) is 3. The lowest BCUT2D eigenvalue weighted by Gasteiger charge is -2.18. The average Bonchev–Trinajstić information content (AvgIpc) is 2.28. The second kappa shape index (κ2) is 5.86. The highest BCUT2D eigenvalue weighted by atomic mass is 79.9. The predicted octanol–water partition coefficient (Wildman–Crippen LogP) is 1.87. The Bertz CT molecular complexity index is 474. The first-order chi connectivity index (χ1) is 8.32. The SMILES string of the molecule is CC(C)[C@@H](NC(=O)c1ccc(Br)c(N)c1)C(=O)O. The first-order valence-corrected chi connectivity index (χ1v) is 6.21. The van der Waals surface area contributed by atoms with Crippen molar-refractivity contribution in [1.82, 2.24) is 5.32 Å². The summed E-state index contributed by atoms with van der Waals surface area (Å²) < 4.78 is 0.692. The maximum Gasteiger partial charge on any atom is 0.326 e. The number of aliphatic carboxylic acids is 1. The van der Waals surface area contributed by atoms with Gasteiger partial charge in [0.15, 0.2) is 0 Å². The number of carboxylic acid groups (broad SMARTS) is 1. The van der Waals surface area contributed by atoms with Gasteiger partial charge in [0.1, 0.15) is 6.04 Å². The summed E-state index contributed by atoms with van der Waals surface area (Å²) in [6.07, 6.45) is 0. The van der Waals surface area contributed by atoms with Crippen LogP contribution < -0.4 is 11.1 Å². The number of hydrogen-bond acceptors (Lipinski definition) is 3. The molecule has 18 heavy (non-hydrogen) atoms. The minimum Gasteiger partial charge on any atom is -0.480 e. The van der Waals surface area contributed by atoms with Crippen LogP contribution in [0, 0.1) is 5.92 Å². The van der Waals surface area contributed by atoms with Gasteiger partial charge in [-0.1, -0.05) is 13.8 Å². The number of carbonyl (C=O) groups excluding carboxylic acids is 1. The van der Waals surface area contributed by atoms with Crippen molar-refractivity contribution in [2.75, 3.05) is 5.73 Å². The number of carboxylic acids is 1. The van der Waals surface area contributed by atoms with E-state index in [4.69, 9.17) is 10.8 Å². The van der Waals surface area contributed by atoms with Gasteiger partial charge in [-0.25, -0.2) is 4.79 Å². The molecule has 0 radical (unpaired) electrons. The average molecular weight is 315 g/mol. The van der Waals surface area contributed by atoms with Crippen molar-refractivity contribution in [3.8, 4) is 0 Å². The molecule has 0 aliphatic rings. The molecule has 0 unspecified atom stereocenters. The second-order valence-corrected chi connectivity index (χ2v) is 5.12. The first-order valence-electron chi connectivity index (χ1n) is 5.41. The molecule has 1 rings (SSSR count). The van der Waals surface area contributed by atoms with Crippen LogP contribution in [0.1, 0.15) is 24.2 Å². The minimum absolute atomic E-state index is 0.195. The number of nitrogens with one attached hydrogen (secondary N) is 1. The fraction of sp³-hybridized carbons (Fsp3) is 0.333. The van der Waals surface area contributed by atoms with Crippen molar-refractivity contribution in [1.29, 1.82) is 0 Å². The van der Waals surface area contributed by atoms with E-state index in [1.165, 1.54) is 6.07 Å². The third kappa shape index (κ3) is 3.46.